The van der Waals surface area contributed by atoms with Crippen molar-refractivity contribution >= 4 is 40.6 Å². The summed E-state index contributed by atoms with van der Waals surface area (Å²) in [5.74, 6) is 0.313. The van der Waals surface area contributed by atoms with Crippen LogP contribution in [0.25, 0.3) is 5.69 Å². The van der Waals surface area contributed by atoms with Gasteiger partial charge in [0, 0.05) is 11.4 Å². The van der Waals surface area contributed by atoms with Crippen LogP contribution in [0.1, 0.15) is 11.4 Å². The Morgan fingerprint density at radius 1 is 1.03 bits per heavy atom. The van der Waals surface area contributed by atoms with Crippen LogP contribution in [0.2, 0.25) is 5.02 Å². The SMILES string of the molecule is Cc1ccc(-n2c(CNc3ccc(F)cc3)nnc2SCC(=O)Nc2ccccc2Cl)cc1. The summed E-state index contributed by atoms with van der Waals surface area (Å²) in [5.41, 5.74) is 3.35. The van der Waals surface area contributed by atoms with Crippen molar-refractivity contribution in [3.63, 3.8) is 0 Å². The zero-order valence-corrected chi connectivity index (χ0v) is 19.3. The van der Waals surface area contributed by atoms with E-state index in [0.717, 1.165) is 16.9 Å². The third-order valence-electron chi connectivity index (χ3n) is 4.77. The number of hydrogen-bond acceptors (Lipinski definition) is 5. The van der Waals surface area contributed by atoms with E-state index in [1.165, 1.54) is 23.9 Å². The van der Waals surface area contributed by atoms with Crippen molar-refractivity contribution < 1.29 is 9.18 Å². The number of hydrogen-bond donors (Lipinski definition) is 2. The summed E-state index contributed by atoms with van der Waals surface area (Å²) in [5, 5.41) is 15.7. The molecule has 0 atom stereocenters. The van der Waals surface area contributed by atoms with E-state index in [9.17, 15) is 9.18 Å². The molecule has 4 aromatic rings. The molecule has 1 amide bonds. The lowest BCUT2D eigenvalue weighted by molar-refractivity contribution is -0.113. The van der Waals surface area contributed by atoms with Crippen molar-refractivity contribution in [1.82, 2.24) is 14.8 Å². The van der Waals surface area contributed by atoms with Crippen LogP contribution in [0.3, 0.4) is 0 Å². The molecule has 4 rings (SSSR count). The van der Waals surface area contributed by atoms with Crippen LogP contribution in [0.15, 0.2) is 78.0 Å². The third-order valence-corrected chi connectivity index (χ3v) is 6.03. The molecule has 0 aliphatic rings. The Labute approximate surface area is 200 Å². The second-order valence-corrected chi connectivity index (χ2v) is 8.60. The molecule has 33 heavy (non-hydrogen) atoms. The van der Waals surface area contributed by atoms with Crippen LogP contribution in [0.4, 0.5) is 15.8 Å². The standard InChI is InChI=1S/C24H21ClFN5OS/c1-16-6-12-19(13-7-16)31-22(14-27-18-10-8-17(26)9-11-18)29-30-24(31)33-15-23(32)28-21-5-3-2-4-20(21)25/h2-13,27H,14-15H2,1H3,(H,28,32). The molecule has 0 bridgehead atoms. The van der Waals surface area contributed by atoms with Crippen molar-refractivity contribution in [3.8, 4) is 5.69 Å². The van der Waals surface area contributed by atoms with Crippen molar-refractivity contribution in [2.45, 2.75) is 18.6 Å². The second kappa shape index (κ2) is 10.5. The first-order valence-corrected chi connectivity index (χ1v) is 11.5. The summed E-state index contributed by atoms with van der Waals surface area (Å²) in [6.45, 7) is 2.39. The van der Waals surface area contributed by atoms with Crippen LogP contribution < -0.4 is 10.6 Å². The minimum Gasteiger partial charge on any atom is -0.378 e. The molecule has 0 aliphatic carbocycles. The van der Waals surface area contributed by atoms with Gasteiger partial charge in [-0.25, -0.2) is 4.39 Å². The maximum atomic E-state index is 13.2. The summed E-state index contributed by atoms with van der Waals surface area (Å²) in [6.07, 6.45) is 0. The number of aryl methyl sites for hydroxylation is 1. The Morgan fingerprint density at radius 2 is 1.76 bits per heavy atom. The Bertz CT molecular complexity index is 1240. The van der Waals surface area contributed by atoms with Gasteiger partial charge in [-0.1, -0.05) is 53.2 Å². The van der Waals surface area contributed by atoms with Crippen LogP contribution in [-0.2, 0) is 11.3 Å². The van der Waals surface area contributed by atoms with Crippen LogP contribution in [-0.4, -0.2) is 26.4 Å². The fourth-order valence-electron chi connectivity index (χ4n) is 3.09. The van der Waals surface area contributed by atoms with E-state index in [1.54, 1.807) is 30.3 Å². The molecule has 168 valence electrons. The maximum absolute atomic E-state index is 13.2. The molecule has 1 heterocycles. The highest BCUT2D eigenvalue weighted by molar-refractivity contribution is 7.99. The second-order valence-electron chi connectivity index (χ2n) is 7.25. The summed E-state index contributed by atoms with van der Waals surface area (Å²) in [7, 11) is 0. The van der Waals surface area contributed by atoms with E-state index < -0.39 is 0 Å². The molecule has 6 nitrogen and oxygen atoms in total. The zero-order valence-electron chi connectivity index (χ0n) is 17.8. The lowest BCUT2D eigenvalue weighted by atomic mass is 10.2. The largest absolute Gasteiger partial charge is 0.378 e. The smallest absolute Gasteiger partial charge is 0.234 e. The number of rotatable bonds is 8. The monoisotopic (exact) mass is 481 g/mol. The summed E-state index contributed by atoms with van der Waals surface area (Å²) in [6, 6.07) is 21.2. The van der Waals surface area contributed by atoms with Gasteiger partial charge in [0.15, 0.2) is 11.0 Å². The highest BCUT2D eigenvalue weighted by Gasteiger charge is 2.16. The average molecular weight is 482 g/mol. The molecule has 2 N–H and O–H groups in total. The first-order chi connectivity index (χ1) is 16.0. The number of anilines is 2. The Balaban J connectivity index is 1.51. The number of nitrogens with one attached hydrogen (secondary N) is 2. The number of aromatic nitrogens is 3. The summed E-state index contributed by atoms with van der Waals surface area (Å²) in [4.78, 5) is 12.5. The quantitative estimate of drug-likeness (QED) is 0.315. The van der Waals surface area contributed by atoms with Gasteiger partial charge in [0.1, 0.15) is 5.82 Å². The predicted octanol–water partition coefficient (Wildman–Crippen LogP) is 5.71. The maximum Gasteiger partial charge on any atom is 0.234 e. The van der Waals surface area contributed by atoms with Gasteiger partial charge in [-0.15, -0.1) is 10.2 Å². The van der Waals surface area contributed by atoms with E-state index in [4.69, 9.17) is 11.6 Å². The van der Waals surface area contributed by atoms with Crippen LogP contribution in [0.5, 0.6) is 0 Å². The van der Waals surface area contributed by atoms with E-state index in [-0.39, 0.29) is 17.5 Å². The average Bonchev–Trinajstić information content (AvgIpc) is 3.22. The first kappa shape index (κ1) is 22.8. The molecule has 0 unspecified atom stereocenters. The molecule has 0 saturated carbocycles. The van der Waals surface area contributed by atoms with Crippen molar-refractivity contribution in [1.29, 1.82) is 0 Å². The van der Waals surface area contributed by atoms with E-state index in [0.29, 0.717) is 28.2 Å². The lowest BCUT2D eigenvalue weighted by Gasteiger charge is -2.12. The van der Waals surface area contributed by atoms with Crippen LogP contribution in [0, 0.1) is 12.7 Å². The van der Waals surface area contributed by atoms with Gasteiger partial charge in [0.2, 0.25) is 5.91 Å². The highest BCUT2D eigenvalue weighted by Crippen LogP contribution is 2.25. The molecule has 1 aromatic heterocycles. The Morgan fingerprint density at radius 3 is 2.48 bits per heavy atom. The van der Waals surface area contributed by atoms with E-state index in [2.05, 4.69) is 20.8 Å². The number of carbonyl (C=O) groups is 1. The van der Waals surface area contributed by atoms with Gasteiger partial charge in [-0.3, -0.25) is 9.36 Å². The first-order valence-electron chi connectivity index (χ1n) is 10.2. The van der Waals surface area contributed by atoms with Gasteiger partial charge in [-0.05, 0) is 55.5 Å². The van der Waals surface area contributed by atoms with Gasteiger partial charge in [0.05, 0.1) is 23.0 Å². The van der Waals surface area contributed by atoms with Gasteiger partial charge < -0.3 is 10.6 Å². The molecule has 0 radical (unpaired) electrons. The fraction of sp³-hybridized carbons (Fsp3) is 0.125. The number of benzene rings is 3. The number of carbonyl (C=O) groups excluding carboxylic acids is 1. The molecular formula is C24H21ClFN5OS. The van der Waals surface area contributed by atoms with Crippen molar-refractivity contribution in [3.05, 3.63) is 95.0 Å². The minimum atomic E-state index is -0.294. The number of nitrogens with zero attached hydrogens (tertiary/aromatic N) is 3. The van der Waals surface area contributed by atoms with Crippen molar-refractivity contribution in [2.24, 2.45) is 0 Å². The topological polar surface area (TPSA) is 71.8 Å². The lowest BCUT2D eigenvalue weighted by Crippen LogP contribution is -2.15. The van der Waals surface area contributed by atoms with Gasteiger partial charge >= 0.3 is 0 Å². The molecular weight excluding hydrogens is 461 g/mol. The van der Waals surface area contributed by atoms with Crippen LogP contribution >= 0.6 is 23.4 Å². The Hall–Kier alpha value is -3.36. The van der Waals surface area contributed by atoms with Gasteiger partial charge in [0.25, 0.3) is 0 Å². The molecule has 0 aliphatic heterocycles. The van der Waals surface area contributed by atoms with Crippen molar-refractivity contribution in [2.75, 3.05) is 16.4 Å². The zero-order chi connectivity index (χ0) is 23.2. The summed E-state index contributed by atoms with van der Waals surface area (Å²) >= 11 is 7.41. The predicted molar refractivity (Wildman–Crippen MR) is 131 cm³/mol. The number of thioether (sulfide) groups is 1. The molecule has 9 heteroatoms. The molecule has 0 saturated heterocycles. The fourth-order valence-corrected chi connectivity index (χ4v) is 4.04. The number of amides is 1. The Kier molecular flexibility index (Phi) is 7.26. The highest BCUT2D eigenvalue weighted by atomic mass is 35.5. The summed E-state index contributed by atoms with van der Waals surface area (Å²) < 4.78 is 15.1. The van der Waals surface area contributed by atoms with E-state index in [1.807, 2.05) is 41.8 Å². The molecule has 0 spiro atoms. The third kappa shape index (κ3) is 5.91. The number of halogens is 2. The number of para-hydroxylation sites is 1. The normalized spacial score (nSPS) is 10.8. The molecule has 3 aromatic carbocycles. The van der Waals surface area contributed by atoms with E-state index >= 15 is 0 Å². The minimum absolute atomic E-state index is 0.139. The molecule has 0 fully saturated rings. The van der Waals surface area contributed by atoms with Gasteiger partial charge in [-0.2, -0.15) is 0 Å².